The summed E-state index contributed by atoms with van der Waals surface area (Å²) < 4.78 is 11.0. The fourth-order valence-corrected chi connectivity index (χ4v) is 2.19. The molecule has 7 nitrogen and oxygen atoms in total. The van der Waals surface area contributed by atoms with Crippen molar-refractivity contribution in [1.82, 2.24) is 5.43 Å². The zero-order valence-electron chi connectivity index (χ0n) is 12.5. The normalized spacial score (nSPS) is 15.9. The minimum absolute atomic E-state index is 0.0735. The fraction of sp³-hybridized carbons (Fsp3) is 0.118. The molecular formula is C17H14N2O5. The number of amides is 1. The molecule has 1 heterocycles. The number of para-hydroxylation sites is 2. The minimum Gasteiger partial charge on any atom is -0.485 e. The van der Waals surface area contributed by atoms with Gasteiger partial charge < -0.3 is 14.6 Å². The van der Waals surface area contributed by atoms with Gasteiger partial charge in [0.25, 0.3) is 5.91 Å². The Balaban J connectivity index is 1.63. The van der Waals surface area contributed by atoms with Crippen molar-refractivity contribution in [2.24, 2.45) is 5.10 Å². The third-order valence-corrected chi connectivity index (χ3v) is 3.37. The number of benzene rings is 2. The monoisotopic (exact) mass is 326 g/mol. The lowest BCUT2D eigenvalue weighted by Crippen LogP contribution is -2.42. The van der Waals surface area contributed by atoms with Gasteiger partial charge >= 0.3 is 5.97 Å². The molecule has 122 valence electrons. The van der Waals surface area contributed by atoms with Gasteiger partial charge in [-0.05, 0) is 18.2 Å². The lowest BCUT2D eigenvalue weighted by molar-refractivity contribution is -0.130. The van der Waals surface area contributed by atoms with Gasteiger partial charge in [0.05, 0.1) is 11.8 Å². The Bertz CT molecular complexity index is 803. The number of nitrogens with one attached hydrogen (secondary N) is 1. The van der Waals surface area contributed by atoms with E-state index in [1.54, 1.807) is 36.4 Å². The lowest BCUT2D eigenvalue weighted by atomic mass is 10.1. The second-order valence-corrected chi connectivity index (χ2v) is 4.99. The van der Waals surface area contributed by atoms with Crippen molar-refractivity contribution in [2.75, 3.05) is 6.61 Å². The van der Waals surface area contributed by atoms with Crippen molar-refractivity contribution in [1.29, 1.82) is 0 Å². The zero-order valence-corrected chi connectivity index (χ0v) is 12.5. The number of hydrogen-bond acceptors (Lipinski definition) is 5. The Labute approximate surface area is 137 Å². The van der Waals surface area contributed by atoms with E-state index in [0.717, 1.165) is 0 Å². The summed E-state index contributed by atoms with van der Waals surface area (Å²) in [6, 6.07) is 13.4. The van der Waals surface area contributed by atoms with Crippen LogP contribution in [0.3, 0.4) is 0 Å². The van der Waals surface area contributed by atoms with Gasteiger partial charge in [0.15, 0.2) is 11.5 Å². The summed E-state index contributed by atoms with van der Waals surface area (Å²) >= 11 is 0. The van der Waals surface area contributed by atoms with Gasteiger partial charge in [-0.15, -0.1) is 0 Å². The van der Waals surface area contributed by atoms with Crippen molar-refractivity contribution in [3.8, 4) is 11.5 Å². The molecule has 1 atom stereocenters. The summed E-state index contributed by atoms with van der Waals surface area (Å²) in [5, 5.41) is 12.9. The third kappa shape index (κ3) is 3.35. The lowest BCUT2D eigenvalue weighted by Gasteiger charge is -2.24. The molecule has 0 spiro atoms. The zero-order chi connectivity index (χ0) is 16.9. The number of carboxylic acid groups (broad SMARTS) is 1. The van der Waals surface area contributed by atoms with Crippen LogP contribution in [0.1, 0.15) is 15.9 Å². The van der Waals surface area contributed by atoms with E-state index in [-0.39, 0.29) is 12.2 Å². The summed E-state index contributed by atoms with van der Waals surface area (Å²) in [4.78, 5) is 23.2. The maximum absolute atomic E-state index is 12.1. The minimum atomic E-state index is -1.07. The van der Waals surface area contributed by atoms with Crippen LogP contribution in [0.4, 0.5) is 0 Å². The van der Waals surface area contributed by atoms with E-state index < -0.39 is 18.0 Å². The first kappa shape index (κ1) is 15.5. The second-order valence-electron chi connectivity index (χ2n) is 4.99. The molecule has 2 aromatic carbocycles. The van der Waals surface area contributed by atoms with Crippen LogP contribution >= 0.6 is 0 Å². The SMILES string of the molecule is O=C(O)c1ccccc1/C=N\NC(=O)[C@@H]1COc2ccccc2O1. The van der Waals surface area contributed by atoms with Crippen LogP contribution in [-0.4, -0.2) is 35.9 Å². The van der Waals surface area contributed by atoms with Crippen molar-refractivity contribution in [2.45, 2.75) is 6.10 Å². The van der Waals surface area contributed by atoms with Crippen molar-refractivity contribution >= 4 is 18.1 Å². The van der Waals surface area contributed by atoms with Gasteiger partial charge in [-0.2, -0.15) is 5.10 Å². The Hall–Kier alpha value is -3.35. The summed E-state index contributed by atoms with van der Waals surface area (Å²) in [5.74, 6) is -0.470. The van der Waals surface area contributed by atoms with Crippen molar-refractivity contribution < 1.29 is 24.2 Å². The molecule has 0 aliphatic carbocycles. The average Bonchev–Trinajstić information content (AvgIpc) is 2.61. The van der Waals surface area contributed by atoms with Gasteiger partial charge in [0.1, 0.15) is 6.61 Å². The van der Waals surface area contributed by atoms with Gasteiger partial charge in [0.2, 0.25) is 6.10 Å². The molecule has 3 rings (SSSR count). The predicted octanol–water partition coefficient (Wildman–Crippen LogP) is 1.67. The van der Waals surface area contributed by atoms with Crippen molar-refractivity contribution in [3.63, 3.8) is 0 Å². The number of rotatable bonds is 4. The Morgan fingerprint density at radius 1 is 1.12 bits per heavy atom. The number of carbonyl (C=O) groups is 2. The number of nitrogens with zero attached hydrogens (tertiary/aromatic N) is 1. The van der Waals surface area contributed by atoms with E-state index >= 15 is 0 Å². The molecule has 0 saturated carbocycles. The summed E-state index contributed by atoms with van der Waals surface area (Å²) in [7, 11) is 0. The Morgan fingerprint density at radius 2 is 1.83 bits per heavy atom. The molecule has 2 N–H and O–H groups in total. The highest BCUT2D eigenvalue weighted by molar-refractivity contribution is 5.98. The van der Waals surface area contributed by atoms with Gasteiger partial charge in [-0.1, -0.05) is 30.3 Å². The first-order valence-corrected chi connectivity index (χ1v) is 7.19. The molecule has 0 saturated heterocycles. The number of ether oxygens (including phenoxy) is 2. The predicted molar refractivity (Wildman–Crippen MR) is 85.5 cm³/mol. The van der Waals surface area contributed by atoms with E-state index in [9.17, 15) is 9.59 Å². The molecule has 0 radical (unpaired) electrons. The van der Waals surface area contributed by atoms with Gasteiger partial charge in [-0.3, -0.25) is 4.79 Å². The molecule has 2 aromatic rings. The van der Waals surface area contributed by atoms with E-state index in [4.69, 9.17) is 14.6 Å². The van der Waals surface area contributed by atoms with E-state index in [2.05, 4.69) is 10.5 Å². The molecule has 0 bridgehead atoms. The van der Waals surface area contributed by atoms with Gasteiger partial charge in [-0.25, -0.2) is 10.2 Å². The molecule has 0 fully saturated rings. The van der Waals surface area contributed by atoms with Crippen LogP contribution in [0.5, 0.6) is 11.5 Å². The highest BCUT2D eigenvalue weighted by Gasteiger charge is 2.27. The topological polar surface area (TPSA) is 97.2 Å². The molecular weight excluding hydrogens is 312 g/mol. The number of aromatic carboxylic acids is 1. The van der Waals surface area contributed by atoms with Crippen LogP contribution in [-0.2, 0) is 4.79 Å². The summed E-state index contributed by atoms with van der Waals surface area (Å²) in [5.41, 5.74) is 2.81. The first-order valence-electron chi connectivity index (χ1n) is 7.19. The molecule has 0 aromatic heterocycles. The number of carboxylic acids is 1. The number of carbonyl (C=O) groups excluding carboxylic acids is 1. The number of hydrazone groups is 1. The van der Waals surface area contributed by atoms with Crippen LogP contribution in [0.15, 0.2) is 53.6 Å². The second kappa shape index (κ2) is 6.82. The Kier molecular flexibility index (Phi) is 4.42. The molecule has 24 heavy (non-hydrogen) atoms. The highest BCUT2D eigenvalue weighted by Crippen LogP contribution is 2.30. The maximum Gasteiger partial charge on any atom is 0.336 e. The third-order valence-electron chi connectivity index (χ3n) is 3.37. The van der Waals surface area contributed by atoms with Crippen LogP contribution in [0, 0.1) is 0 Å². The molecule has 1 aliphatic heterocycles. The smallest absolute Gasteiger partial charge is 0.336 e. The summed E-state index contributed by atoms with van der Waals surface area (Å²) in [6.07, 6.45) is 0.450. The summed E-state index contributed by atoms with van der Waals surface area (Å²) in [6.45, 7) is 0.0735. The molecule has 1 aliphatic rings. The van der Waals surface area contributed by atoms with E-state index in [1.807, 2.05) is 6.07 Å². The van der Waals surface area contributed by atoms with E-state index in [1.165, 1.54) is 12.3 Å². The van der Waals surface area contributed by atoms with Crippen LogP contribution < -0.4 is 14.9 Å². The highest BCUT2D eigenvalue weighted by atomic mass is 16.6. The Morgan fingerprint density at radius 3 is 2.62 bits per heavy atom. The number of hydrogen-bond donors (Lipinski definition) is 2. The fourth-order valence-electron chi connectivity index (χ4n) is 2.19. The van der Waals surface area contributed by atoms with Crippen LogP contribution in [0.25, 0.3) is 0 Å². The van der Waals surface area contributed by atoms with Crippen LogP contribution in [0.2, 0.25) is 0 Å². The van der Waals surface area contributed by atoms with Crippen molar-refractivity contribution in [3.05, 3.63) is 59.7 Å². The number of fused-ring (bicyclic) bond motifs is 1. The standard InChI is InChI=1S/C17H14N2O5/c20-16(15-10-23-13-7-3-4-8-14(13)24-15)19-18-9-11-5-1-2-6-12(11)17(21)22/h1-9,15H,10H2,(H,19,20)(H,21,22)/b18-9-/t15-/m0/s1. The molecule has 0 unspecified atom stereocenters. The largest absolute Gasteiger partial charge is 0.485 e. The molecule has 1 amide bonds. The average molecular weight is 326 g/mol. The quantitative estimate of drug-likeness (QED) is 0.658. The maximum atomic E-state index is 12.1. The van der Waals surface area contributed by atoms with Gasteiger partial charge in [0, 0.05) is 5.56 Å². The first-order chi connectivity index (χ1) is 11.6. The van der Waals surface area contributed by atoms with E-state index in [0.29, 0.717) is 17.1 Å². The molecule has 7 heteroatoms.